The quantitative estimate of drug-likeness (QED) is 0.266. The van der Waals surface area contributed by atoms with Crippen LogP contribution in [0.1, 0.15) is 23.0 Å². The van der Waals surface area contributed by atoms with Crippen molar-refractivity contribution >= 4 is 42.3 Å². The van der Waals surface area contributed by atoms with Crippen molar-refractivity contribution in [3.8, 4) is 17.6 Å². The van der Waals surface area contributed by atoms with Crippen LogP contribution in [0.5, 0.6) is 5.75 Å². The number of carbonyl (C=O) groups excluding carboxylic acids is 1. The standard InChI is InChI=1S/C22H22F3N5O3Se/c1-13(31)12-28-21(32)14-8-9-15(18(11-14)33-2)27-10-4-5-16-20(34-22(23,24)25)17-6-3-7-19(26)30(17)29-16/h3,6-9,11,13,27,31H,10,12,26H2,1-2H3,(H,28,32). The summed E-state index contributed by atoms with van der Waals surface area (Å²) in [4.78, 5) is 12.2. The average molecular weight is 540 g/mol. The number of hydrogen-bond acceptors (Lipinski definition) is 6. The molecule has 5 N–H and O–H groups in total. The maximum atomic E-state index is 13.1. The Morgan fingerprint density at radius 2 is 2.12 bits per heavy atom. The van der Waals surface area contributed by atoms with E-state index in [1.54, 1.807) is 31.2 Å². The Labute approximate surface area is 199 Å². The number of amides is 1. The SMILES string of the molecule is COc1cc(C(=O)NCC(C)O)ccc1NCC#Cc1nn2c(N)cccc2c1[Se]C(F)(F)F. The monoisotopic (exact) mass is 541 g/mol. The fourth-order valence-corrected chi connectivity index (χ4v) is 4.38. The van der Waals surface area contributed by atoms with Crippen molar-refractivity contribution in [1.29, 1.82) is 0 Å². The van der Waals surface area contributed by atoms with E-state index in [1.807, 2.05) is 0 Å². The molecule has 3 aromatic rings. The zero-order valence-electron chi connectivity index (χ0n) is 18.2. The van der Waals surface area contributed by atoms with E-state index in [9.17, 15) is 23.1 Å². The van der Waals surface area contributed by atoms with Gasteiger partial charge in [0.2, 0.25) is 0 Å². The fraction of sp³-hybridized carbons (Fsp3) is 0.273. The molecule has 0 aliphatic heterocycles. The van der Waals surface area contributed by atoms with E-state index >= 15 is 0 Å². The van der Waals surface area contributed by atoms with Crippen molar-refractivity contribution in [2.24, 2.45) is 0 Å². The summed E-state index contributed by atoms with van der Waals surface area (Å²) in [7, 11) is 1.44. The molecule has 0 saturated carbocycles. The molecular formula is C22H22F3N5O3Se. The van der Waals surface area contributed by atoms with E-state index in [4.69, 9.17) is 10.5 Å². The fourth-order valence-electron chi connectivity index (χ4n) is 2.95. The van der Waals surface area contributed by atoms with Crippen LogP contribution >= 0.6 is 0 Å². The summed E-state index contributed by atoms with van der Waals surface area (Å²) in [5.74, 6) is 5.72. The number of fused-ring (bicyclic) bond motifs is 1. The molecule has 2 heterocycles. The Morgan fingerprint density at radius 1 is 1.35 bits per heavy atom. The Morgan fingerprint density at radius 3 is 2.79 bits per heavy atom. The topological polar surface area (TPSA) is 114 Å². The second-order valence-electron chi connectivity index (χ2n) is 7.10. The number of nitrogens with two attached hydrogens (primary N) is 1. The minimum atomic E-state index is -4.37. The maximum absolute atomic E-state index is 13.1. The van der Waals surface area contributed by atoms with Crippen LogP contribution in [0.3, 0.4) is 0 Å². The molecule has 0 spiro atoms. The molecule has 0 radical (unpaired) electrons. The number of carbonyl (C=O) groups is 1. The van der Waals surface area contributed by atoms with Gasteiger partial charge >= 0.3 is 175 Å². The average Bonchev–Trinajstić information content (AvgIpc) is 3.12. The van der Waals surface area contributed by atoms with Crippen LogP contribution in [-0.4, -0.2) is 67.0 Å². The van der Waals surface area contributed by atoms with Crippen molar-refractivity contribution in [2.45, 2.75) is 18.1 Å². The molecule has 0 saturated heterocycles. The van der Waals surface area contributed by atoms with Crippen LogP contribution in [0.25, 0.3) is 5.52 Å². The Kier molecular flexibility index (Phi) is 7.94. The normalized spacial score (nSPS) is 12.1. The number of aliphatic hydroxyl groups is 1. The Bertz CT molecular complexity index is 1250. The number of anilines is 2. The summed E-state index contributed by atoms with van der Waals surface area (Å²) < 4.78 is 46.0. The second-order valence-corrected chi connectivity index (χ2v) is 9.36. The number of nitrogen functional groups attached to an aromatic ring is 1. The molecular weight excluding hydrogens is 518 g/mol. The predicted molar refractivity (Wildman–Crippen MR) is 123 cm³/mol. The molecule has 1 amide bonds. The van der Waals surface area contributed by atoms with Gasteiger partial charge in [0.15, 0.2) is 0 Å². The third kappa shape index (κ3) is 6.35. The predicted octanol–water partition coefficient (Wildman–Crippen LogP) is 1.35. The van der Waals surface area contributed by atoms with Gasteiger partial charge in [-0.1, -0.05) is 0 Å². The summed E-state index contributed by atoms with van der Waals surface area (Å²) in [5.41, 5.74) is 7.03. The van der Waals surface area contributed by atoms with E-state index in [2.05, 4.69) is 27.6 Å². The Balaban J connectivity index is 1.77. The zero-order chi connectivity index (χ0) is 24.9. The molecule has 8 nitrogen and oxygen atoms in total. The van der Waals surface area contributed by atoms with Crippen molar-refractivity contribution in [3.63, 3.8) is 0 Å². The molecule has 0 aliphatic rings. The molecule has 2 aromatic heterocycles. The number of aliphatic hydroxyl groups excluding tert-OH is 1. The number of hydrogen-bond donors (Lipinski definition) is 4. The molecule has 12 heteroatoms. The molecule has 1 aromatic carbocycles. The van der Waals surface area contributed by atoms with E-state index in [0.717, 1.165) is 0 Å². The summed E-state index contributed by atoms with van der Waals surface area (Å²) in [5, 5.41) is 14.7. The van der Waals surface area contributed by atoms with Crippen molar-refractivity contribution in [3.05, 3.63) is 47.7 Å². The van der Waals surface area contributed by atoms with Gasteiger partial charge < -0.3 is 5.11 Å². The van der Waals surface area contributed by atoms with Gasteiger partial charge in [0.1, 0.15) is 0 Å². The first kappa shape index (κ1) is 25.2. The number of rotatable bonds is 7. The summed E-state index contributed by atoms with van der Waals surface area (Å²) in [6, 6.07) is 9.37. The summed E-state index contributed by atoms with van der Waals surface area (Å²) >= 11 is -1.84. The van der Waals surface area contributed by atoms with Crippen LogP contribution in [0.2, 0.25) is 0 Å². The molecule has 0 aliphatic carbocycles. The number of alkyl halides is 3. The number of methoxy groups -OCH3 is 1. The number of halogens is 3. The molecule has 180 valence electrons. The van der Waals surface area contributed by atoms with E-state index in [1.165, 1.54) is 23.8 Å². The second kappa shape index (κ2) is 10.7. The summed E-state index contributed by atoms with van der Waals surface area (Å²) in [6.07, 6.45) is -0.674. The molecule has 0 bridgehead atoms. The number of nitrogens with zero attached hydrogens (tertiary/aromatic N) is 2. The van der Waals surface area contributed by atoms with Crippen LogP contribution in [-0.2, 0) is 0 Å². The number of aromatic nitrogens is 2. The first-order valence-electron chi connectivity index (χ1n) is 9.99. The third-order valence-electron chi connectivity index (χ3n) is 4.46. The van der Waals surface area contributed by atoms with Gasteiger partial charge in [0.25, 0.3) is 0 Å². The van der Waals surface area contributed by atoms with Crippen LogP contribution in [0.15, 0.2) is 36.4 Å². The minimum absolute atomic E-state index is 0.0185. The number of benzene rings is 1. The third-order valence-corrected chi connectivity index (χ3v) is 6.21. The number of nitrogens with one attached hydrogen (secondary N) is 2. The van der Waals surface area contributed by atoms with Gasteiger partial charge in [-0.3, -0.25) is 0 Å². The van der Waals surface area contributed by atoms with Gasteiger partial charge in [-0.25, -0.2) is 0 Å². The summed E-state index contributed by atoms with van der Waals surface area (Å²) in [6.45, 7) is 1.76. The van der Waals surface area contributed by atoms with E-state index in [-0.39, 0.29) is 40.5 Å². The van der Waals surface area contributed by atoms with Gasteiger partial charge in [-0.2, -0.15) is 0 Å². The van der Waals surface area contributed by atoms with Crippen molar-refractivity contribution in [2.75, 3.05) is 31.2 Å². The van der Waals surface area contributed by atoms with Gasteiger partial charge in [-0.15, -0.1) is 0 Å². The molecule has 1 unspecified atom stereocenters. The zero-order valence-corrected chi connectivity index (χ0v) is 19.9. The van der Waals surface area contributed by atoms with Gasteiger partial charge in [-0.05, 0) is 6.92 Å². The molecule has 0 fully saturated rings. The van der Waals surface area contributed by atoms with Crippen LogP contribution < -0.4 is 25.6 Å². The van der Waals surface area contributed by atoms with Crippen LogP contribution in [0, 0.1) is 11.8 Å². The number of pyridine rings is 1. The first-order valence-corrected chi connectivity index (χ1v) is 11.7. The van der Waals surface area contributed by atoms with Gasteiger partial charge in [0.05, 0.1) is 6.10 Å². The van der Waals surface area contributed by atoms with Crippen molar-refractivity contribution in [1.82, 2.24) is 14.9 Å². The van der Waals surface area contributed by atoms with Crippen molar-refractivity contribution < 1.29 is 27.8 Å². The Hall–Kier alpha value is -3.39. The number of ether oxygens (including phenoxy) is 1. The molecule has 1 atom stereocenters. The van der Waals surface area contributed by atoms with E-state index in [0.29, 0.717) is 17.0 Å². The van der Waals surface area contributed by atoms with Gasteiger partial charge in [0, 0.05) is 6.54 Å². The first-order chi connectivity index (χ1) is 16.1. The molecule has 3 rings (SSSR count). The molecule has 34 heavy (non-hydrogen) atoms. The van der Waals surface area contributed by atoms with E-state index < -0.39 is 26.1 Å². The van der Waals surface area contributed by atoms with Crippen LogP contribution in [0.4, 0.5) is 24.7 Å².